The Labute approximate surface area is 394 Å². The Bertz CT molecular complexity index is 1780. The average molecular weight is 927 g/mol. The molecule has 2 saturated heterocycles. The lowest BCUT2D eigenvalue weighted by Gasteiger charge is -2.41. The van der Waals surface area contributed by atoms with E-state index < -0.39 is 60.3 Å². The van der Waals surface area contributed by atoms with E-state index in [-0.39, 0.29) is 78.4 Å². The first-order valence-corrected chi connectivity index (χ1v) is 24.2. The normalized spacial score (nSPS) is 20.6. The molecule has 2 aliphatic heterocycles. The fourth-order valence-corrected chi connectivity index (χ4v) is 9.71. The van der Waals surface area contributed by atoms with Gasteiger partial charge in [-0.25, -0.2) is 0 Å². The minimum Gasteiger partial charge on any atom is -0.386 e. The highest BCUT2D eigenvalue weighted by Crippen LogP contribution is 2.30. The molecule has 11 atom stereocenters. The summed E-state index contributed by atoms with van der Waals surface area (Å²) in [5.41, 5.74) is 0.690. The van der Waals surface area contributed by atoms with E-state index in [2.05, 4.69) is 10.6 Å². The summed E-state index contributed by atoms with van der Waals surface area (Å²) in [7, 11) is 6.34. The van der Waals surface area contributed by atoms with Crippen molar-refractivity contribution >= 4 is 41.4 Å². The van der Waals surface area contributed by atoms with Gasteiger partial charge in [0.1, 0.15) is 12.1 Å². The van der Waals surface area contributed by atoms with Crippen molar-refractivity contribution < 1.29 is 48.1 Å². The fraction of sp³-hybridized carbons (Fsp3) is 0.740. The molecule has 1 aromatic carbocycles. The van der Waals surface area contributed by atoms with Crippen LogP contribution in [0.1, 0.15) is 132 Å². The van der Waals surface area contributed by atoms with Crippen LogP contribution >= 0.6 is 0 Å². The van der Waals surface area contributed by atoms with Crippen LogP contribution in [-0.4, -0.2) is 150 Å². The highest BCUT2D eigenvalue weighted by atomic mass is 16.5. The van der Waals surface area contributed by atoms with Crippen molar-refractivity contribution in [3.8, 4) is 0 Å². The number of amides is 7. The van der Waals surface area contributed by atoms with Crippen LogP contribution in [-0.2, 0) is 43.0 Å². The molecule has 0 bridgehead atoms. The molecule has 16 nitrogen and oxygen atoms in total. The van der Waals surface area contributed by atoms with Gasteiger partial charge in [-0.1, -0.05) is 98.6 Å². The van der Waals surface area contributed by atoms with E-state index in [1.165, 1.54) is 24.0 Å². The van der Waals surface area contributed by atoms with Crippen molar-refractivity contribution in [1.29, 1.82) is 0 Å². The molecule has 2 heterocycles. The van der Waals surface area contributed by atoms with Gasteiger partial charge in [-0.2, -0.15) is 0 Å². The molecule has 0 spiro atoms. The number of imide groups is 1. The minimum atomic E-state index is -0.944. The number of carbonyl (C=O) groups is 7. The molecular weight excluding hydrogens is 845 g/mol. The van der Waals surface area contributed by atoms with Gasteiger partial charge in [0.25, 0.3) is 0 Å². The first-order valence-electron chi connectivity index (χ1n) is 24.2. The third-order valence-corrected chi connectivity index (χ3v) is 13.9. The summed E-state index contributed by atoms with van der Waals surface area (Å²) < 4.78 is 12.0. The van der Waals surface area contributed by atoms with Crippen molar-refractivity contribution in [2.75, 3.05) is 41.4 Å². The number of ether oxygens (including phenoxy) is 2. The summed E-state index contributed by atoms with van der Waals surface area (Å²) >= 11 is 0. The van der Waals surface area contributed by atoms with E-state index in [9.17, 15) is 38.7 Å². The minimum absolute atomic E-state index is 0.0360. The molecule has 0 saturated carbocycles. The van der Waals surface area contributed by atoms with E-state index in [4.69, 9.17) is 9.47 Å². The van der Waals surface area contributed by atoms with Crippen LogP contribution < -0.4 is 10.6 Å². The molecule has 2 aliphatic rings. The molecule has 1 unspecified atom stereocenters. The first kappa shape index (κ1) is 55.9. The predicted octanol–water partition coefficient (Wildman–Crippen LogP) is 4.72. The van der Waals surface area contributed by atoms with Crippen molar-refractivity contribution in [1.82, 2.24) is 30.2 Å². The average Bonchev–Trinajstić information content (AvgIpc) is 3.86. The largest absolute Gasteiger partial charge is 0.386 e. The van der Waals surface area contributed by atoms with Crippen LogP contribution in [0.5, 0.6) is 0 Å². The lowest BCUT2D eigenvalue weighted by atomic mass is 9.89. The van der Waals surface area contributed by atoms with E-state index in [0.29, 0.717) is 50.8 Å². The van der Waals surface area contributed by atoms with Crippen LogP contribution in [0.4, 0.5) is 0 Å². The van der Waals surface area contributed by atoms with Crippen LogP contribution in [0.25, 0.3) is 0 Å². The third kappa shape index (κ3) is 14.3. The summed E-state index contributed by atoms with van der Waals surface area (Å²) in [6.45, 7) is 17.5. The van der Waals surface area contributed by atoms with Crippen LogP contribution in [0, 0.1) is 29.6 Å². The highest BCUT2D eigenvalue weighted by molar-refractivity contribution is 6.03. The second kappa shape index (κ2) is 26.2. The molecule has 0 aromatic heterocycles. The summed E-state index contributed by atoms with van der Waals surface area (Å²) in [5.74, 6) is -3.45. The number of likely N-dealkylation sites (tertiary alicyclic amines) is 2. The van der Waals surface area contributed by atoms with Gasteiger partial charge in [0, 0.05) is 60.2 Å². The Morgan fingerprint density at radius 3 is 2.06 bits per heavy atom. The molecule has 7 amide bonds. The Morgan fingerprint density at radius 2 is 1.52 bits per heavy atom. The lowest BCUT2D eigenvalue weighted by Crippen LogP contribution is -2.60. The third-order valence-electron chi connectivity index (χ3n) is 13.9. The lowest BCUT2D eigenvalue weighted by molar-refractivity contribution is -0.148. The maximum atomic E-state index is 14.6. The highest BCUT2D eigenvalue weighted by Gasteiger charge is 2.44. The van der Waals surface area contributed by atoms with Gasteiger partial charge in [0.05, 0.1) is 48.8 Å². The molecule has 0 radical (unpaired) electrons. The van der Waals surface area contributed by atoms with Crippen LogP contribution in [0.3, 0.4) is 0 Å². The van der Waals surface area contributed by atoms with Crippen molar-refractivity contribution in [3.63, 3.8) is 0 Å². The topological polar surface area (TPSA) is 195 Å². The predicted molar refractivity (Wildman–Crippen MR) is 252 cm³/mol. The van der Waals surface area contributed by atoms with Gasteiger partial charge < -0.3 is 39.9 Å². The number of aliphatic hydroxyl groups excluding tert-OH is 1. The number of carbonyl (C=O) groups excluding carboxylic acids is 7. The van der Waals surface area contributed by atoms with Crippen molar-refractivity contribution in [2.24, 2.45) is 29.6 Å². The summed E-state index contributed by atoms with van der Waals surface area (Å²) in [4.78, 5) is 101. The van der Waals surface area contributed by atoms with Crippen molar-refractivity contribution in [2.45, 2.75) is 169 Å². The fourth-order valence-electron chi connectivity index (χ4n) is 9.71. The molecule has 0 aliphatic carbocycles. The molecule has 2 fully saturated rings. The summed E-state index contributed by atoms with van der Waals surface area (Å²) in [5, 5.41) is 16.8. The molecule has 16 heteroatoms. The molecule has 3 rings (SSSR count). The molecule has 1 aromatic rings. The van der Waals surface area contributed by atoms with Gasteiger partial charge in [-0.05, 0) is 55.9 Å². The maximum absolute atomic E-state index is 14.6. The Morgan fingerprint density at radius 1 is 0.864 bits per heavy atom. The zero-order valence-electron chi connectivity index (χ0n) is 42.1. The van der Waals surface area contributed by atoms with Gasteiger partial charge in [-0.3, -0.25) is 38.5 Å². The number of nitrogens with zero attached hydrogens (tertiary/aromatic N) is 4. The monoisotopic (exact) mass is 927 g/mol. The van der Waals surface area contributed by atoms with Gasteiger partial charge in [-0.15, -0.1) is 0 Å². The zero-order valence-corrected chi connectivity index (χ0v) is 42.1. The van der Waals surface area contributed by atoms with E-state index >= 15 is 0 Å². The van der Waals surface area contributed by atoms with Gasteiger partial charge in [0.15, 0.2) is 0 Å². The smallest absolute Gasteiger partial charge is 0.245 e. The second-order valence-electron chi connectivity index (χ2n) is 19.5. The van der Waals surface area contributed by atoms with Gasteiger partial charge >= 0.3 is 0 Å². The number of aliphatic hydroxyl groups is 1. The standard InChI is InChI=1S/C50H82N6O10/c1-14-32(6)44(38(65-12)29-41(59)55-27-21-24-37(55)46(66-13)34(8)47(61)51-35(9)45(60)36-22-17-15-18-23-36)54(11)50(64)42(30(2)3)52-48(62)43(31(4)5)53(10)39(57)25-19-16-20-26-56-40(58)28-33(7)49(56)63/h15,17-18,22-23,30-35,37-38,42-46,60H,14,16,19-21,24-29H2,1-13H3,(H,51,61)(H,52,62)/t32-,33?,34+,35+,37-,38+,42-,43-,44-,45+,46+/m0/s1. The van der Waals surface area contributed by atoms with Gasteiger partial charge in [0.2, 0.25) is 41.4 Å². The number of unbranched alkanes of at least 4 members (excludes halogenated alkanes) is 2. The Balaban J connectivity index is 1.70. The Hall–Kier alpha value is -4.41. The molecule has 3 N–H and O–H groups in total. The Kier molecular flexibility index (Phi) is 22.2. The number of benzene rings is 1. The quantitative estimate of drug-likeness (QED) is 0.0865. The second-order valence-corrected chi connectivity index (χ2v) is 19.5. The number of hydrogen-bond donors (Lipinski definition) is 3. The van der Waals surface area contributed by atoms with Crippen molar-refractivity contribution in [3.05, 3.63) is 35.9 Å². The number of likely N-dealkylation sites (N-methyl/N-ethyl adjacent to an activating group) is 2. The molecule has 66 heavy (non-hydrogen) atoms. The van der Waals surface area contributed by atoms with Crippen LogP contribution in [0.15, 0.2) is 30.3 Å². The van der Waals surface area contributed by atoms with E-state index in [1.54, 1.807) is 56.8 Å². The van der Waals surface area contributed by atoms with E-state index in [1.807, 2.05) is 59.7 Å². The SMILES string of the molecule is CC[C@H](C)[C@@H]([C@@H](CC(=O)N1CCC[C@H]1[C@H](OC)[C@@H](C)C(=O)N[C@H](C)[C@@H](O)c1ccccc1)OC)N(C)C(=O)[C@@H](NC(=O)[C@H](C(C)C)N(C)C(=O)CCCCCN1C(=O)CC(C)C1=O)C(C)C. The maximum Gasteiger partial charge on any atom is 0.245 e. The molecular formula is C50H82N6O10. The van der Waals surface area contributed by atoms with E-state index in [0.717, 1.165) is 6.42 Å². The zero-order chi connectivity index (χ0) is 49.6. The number of hydrogen-bond acceptors (Lipinski definition) is 10. The first-order chi connectivity index (χ1) is 31.1. The number of nitrogens with one attached hydrogen (secondary N) is 2. The van der Waals surface area contributed by atoms with Crippen LogP contribution in [0.2, 0.25) is 0 Å². The summed E-state index contributed by atoms with van der Waals surface area (Å²) in [6, 6.07) is 5.82. The number of methoxy groups -OCH3 is 2. The number of rotatable bonds is 26. The summed E-state index contributed by atoms with van der Waals surface area (Å²) in [6.07, 6.45) is 1.93. The molecule has 372 valence electrons.